The molecule has 12 heterocycles. The van der Waals surface area contributed by atoms with Crippen LogP contribution in [0.15, 0.2) is 243 Å². The van der Waals surface area contributed by atoms with Gasteiger partial charge in [0.25, 0.3) is 0 Å². The summed E-state index contributed by atoms with van der Waals surface area (Å²) in [6.45, 7) is 4.06. The third-order valence-electron chi connectivity index (χ3n) is 31.5. The van der Waals surface area contributed by atoms with E-state index < -0.39 is 96.3 Å². The number of benzene rings is 8. The van der Waals surface area contributed by atoms with Gasteiger partial charge < -0.3 is 65.8 Å². The van der Waals surface area contributed by atoms with Crippen molar-refractivity contribution in [2.75, 3.05) is 52.4 Å². The molecule has 29 heteroatoms. The van der Waals surface area contributed by atoms with E-state index in [0.29, 0.717) is 155 Å². The summed E-state index contributed by atoms with van der Waals surface area (Å²) >= 11 is 0. The number of hydrogen-bond acceptors (Lipinski definition) is 16. The lowest BCUT2D eigenvalue weighted by Gasteiger charge is -2.32. The molecule has 0 bridgehead atoms. The SMILES string of the molecule is O=C1C[C@@H](Cc2ccccc2)NC(=O)[C@@H]2CCCN2C(=O)[C@@H]2CCCN2C(=O)[C@H](Cc2ccccc2)C1.O=C1C[C@H](Cc2ccccc2)NC(=O)[C@@H]2CCCN2C(=O)[C@H]2CCCN2C(=O)[C@H](Cc2ccccc2)C1.O=C1C[C@H](Cc2ccccc2)NC(=O)[C@H]2CCCN2C(=O)[C@@H]2CCCN2C(=O)[C@H](Cc2ccccc2)C1.O=C1C[C@H](Cc2ccccc2)NC(=O)[C@H]2CCCN2C(=O)[C@H]2CCCN2C(=O)[C@@H](Cc2ccccc2)N1. The Morgan fingerprint density at radius 2 is 0.365 bits per heavy atom. The number of hydrogen-bond donors (Lipinski definition) is 5. The number of Topliss-reactive ketones (excluding diaryl/α,β-unsaturated/α-hetero) is 3. The van der Waals surface area contributed by atoms with Gasteiger partial charge in [-0.2, -0.15) is 0 Å². The van der Waals surface area contributed by atoms with E-state index in [1.165, 1.54) is 0 Å². The van der Waals surface area contributed by atoms with Crippen molar-refractivity contribution >= 4 is 94.1 Å². The van der Waals surface area contributed by atoms with Gasteiger partial charge in [0.2, 0.25) is 76.8 Å². The van der Waals surface area contributed by atoms with Gasteiger partial charge >= 0.3 is 0 Å². The molecule has 5 N–H and O–H groups in total. The highest BCUT2D eigenvalue weighted by Gasteiger charge is 2.51. The molecule has 20 rings (SSSR count). The molecule has 12 aliphatic rings. The molecule has 0 aliphatic carbocycles. The second-order valence-corrected chi connectivity index (χ2v) is 42.1. The predicted octanol–water partition coefficient (Wildman–Crippen LogP) is 10.6. The van der Waals surface area contributed by atoms with E-state index in [9.17, 15) is 76.7 Å². The van der Waals surface area contributed by atoms with E-state index in [-0.39, 0.29) is 139 Å². The first-order valence-electron chi connectivity index (χ1n) is 53.8. The lowest BCUT2D eigenvalue weighted by atomic mass is 9.90. The zero-order valence-electron chi connectivity index (χ0n) is 84.5. The third kappa shape index (κ3) is 26.9. The van der Waals surface area contributed by atoms with E-state index in [2.05, 4.69) is 26.6 Å². The summed E-state index contributed by atoms with van der Waals surface area (Å²) in [6, 6.07) is 70.9. The molecule has 0 unspecified atom stereocenters. The number of nitrogens with one attached hydrogen (secondary N) is 5. The van der Waals surface area contributed by atoms with Crippen molar-refractivity contribution in [3.63, 3.8) is 0 Å². The molecule has 0 radical (unpaired) electrons. The molecule has 0 spiro atoms. The summed E-state index contributed by atoms with van der Waals surface area (Å²) in [7, 11) is 0. The Hall–Kier alpha value is -14.1. The summed E-state index contributed by atoms with van der Waals surface area (Å²) in [4.78, 5) is 231. The van der Waals surface area contributed by atoms with Crippen molar-refractivity contribution in [1.82, 2.24) is 65.8 Å². The third-order valence-corrected chi connectivity index (χ3v) is 31.5. The Kier molecular flexibility index (Phi) is 35.9. The highest BCUT2D eigenvalue weighted by Crippen LogP contribution is 2.36. The molecule has 16 atom stereocenters. The number of carbonyl (C=O) groups is 16. The van der Waals surface area contributed by atoms with Crippen molar-refractivity contribution in [3.05, 3.63) is 287 Å². The molecule has 0 saturated carbocycles. The first-order chi connectivity index (χ1) is 72.0. The van der Waals surface area contributed by atoms with Crippen LogP contribution in [0.2, 0.25) is 0 Å². The lowest BCUT2D eigenvalue weighted by molar-refractivity contribution is -0.148. The van der Waals surface area contributed by atoms with Gasteiger partial charge in [-0.25, -0.2) is 0 Å². The molecular weight excluding hydrogens is 1870 g/mol. The molecule has 12 saturated heterocycles. The maximum atomic E-state index is 13.9. The topological polar surface area (TPSA) is 359 Å². The van der Waals surface area contributed by atoms with Crippen LogP contribution >= 0.6 is 0 Å². The normalized spacial score (nSPS) is 27.1. The van der Waals surface area contributed by atoms with E-state index in [1.807, 2.05) is 243 Å². The number of fused-ring (bicyclic) bond motifs is 8. The lowest BCUT2D eigenvalue weighted by Crippen LogP contribution is -2.56. The molecule has 0 aromatic heterocycles. The van der Waals surface area contributed by atoms with Crippen LogP contribution in [-0.2, 0) is 128 Å². The van der Waals surface area contributed by atoms with E-state index in [0.717, 1.165) is 95.9 Å². The first kappa shape index (κ1) is 105. The van der Waals surface area contributed by atoms with Gasteiger partial charge in [-0.15, -0.1) is 0 Å². The molecule has 148 heavy (non-hydrogen) atoms. The maximum Gasteiger partial charge on any atom is 0.246 e. The van der Waals surface area contributed by atoms with Crippen molar-refractivity contribution in [3.8, 4) is 0 Å². The summed E-state index contributed by atoms with van der Waals surface area (Å²) in [5.74, 6) is -4.01. The smallest absolute Gasteiger partial charge is 0.246 e. The van der Waals surface area contributed by atoms with Crippen LogP contribution < -0.4 is 26.6 Å². The molecule has 29 nitrogen and oxygen atoms in total. The Morgan fingerprint density at radius 1 is 0.182 bits per heavy atom. The summed E-state index contributed by atoms with van der Waals surface area (Å²) in [6.07, 6.45) is 15.2. The number of rotatable bonds is 16. The molecule has 12 aliphatic heterocycles. The Bertz CT molecular complexity index is 5270. The van der Waals surface area contributed by atoms with E-state index >= 15 is 0 Å². The first-order valence-corrected chi connectivity index (χ1v) is 53.8. The predicted molar refractivity (Wildman–Crippen MR) is 557 cm³/mol. The number of amides is 13. The fraction of sp³-hybridized carbons (Fsp3) is 0.462. The largest absolute Gasteiger partial charge is 0.351 e. The van der Waals surface area contributed by atoms with Crippen LogP contribution in [0.25, 0.3) is 0 Å². The van der Waals surface area contributed by atoms with Crippen LogP contribution in [0.5, 0.6) is 0 Å². The highest BCUT2D eigenvalue weighted by atomic mass is 16.2. The van der Waals surface area contributed by atoms with Crippen LogP contribution in [-0.4, -0.2) is 264 Å². The Labute approximate surface area is 866 Å². The fourth-order valence-corrected chi connectivity index (χ4v) is 24.4. The van der Waals surface area contributed by atoms with Gasteiger partial charge in [-0.1, -0.05) is 243 Å². The van der Waals surface area contributed by atoms with Crippen LogP contribution in [0, 0.1) is 17.8 Å². The molecule has 12 fully saturated rings. The average Bonchev–Trinajstić information content (AvgIpc) is 1.66. The molecule has 776 valence electrons. The standard InChI is InChI=1S/3C30H35N3O4.C29H34N4O4/c3*34-25-19-23(17-21-9-3-1-4-10-21)29(36)33-16-8-14-27(33)30(37)32-15-7-13-26(32)28(35)31-24(20-25)18-22-11-5-2-6-12-22;34-26-19-22(17-20-9-3-1-4-10-20)30-27(35)24-13-7-15-32(24)29(37)25-14-8-16-33(25)28(36)23(31-26)18-21-11-5-2-6-12-21/h3*1-6,9-12,23-24,26-27H,7-8,13-20H2,(H,31,35);1-6,9-12,22-25H,7-8,13-19H2,(H,30,35)(H,31,34)/t23-,24+,26+,27-;23-,24+,26-,27+;23-,24-,26+,27+;22-,23+,24+,25+/m1110/s1. The monoisotopic (exact) mass is 2010 g/mol. The van der Waals surface area contributed by atoms with Crippen LogP contribution in [0.3, 0.4) is 0 Å². The molecular formula is C119H139N13O16. The van der Waals surface area contributed by atoms with Gasteiger partial charge in [0.15, 0.2) is 0 Å². The highest BCUT2D eigenvalue weighted by molar-refractivity contribution is 6.00. The van der Waals surface area contributed by atoms with Crippen molar-refractivity contribution < 1.29 is 76.7 Å². The van der Waals surface area contributed by atoms with Crippen molar-refractivity contribution in [2.45, 2.75) is 278 Å². The van der Waals surface area contributed by atoms with Gasteiger partial charge in [0.05, 0.1) is 0 Å². The Morgan fingerprint density at radius 3 is 0.588 bits per heavy atom. The quantitative estimate of drug-likeness (QED) is 0.0600. The summed E-state index contributed by atoms with van der Waals surface area (Å²) in [5, 5.41) is 15.4. The second-order valence-electron chi connectivity index (χ2n) is 42.1. The molecule has 8 aromatic rings. The zero-order valence-corrected chi connectivity index (χ0v) is 84.5. The van der Waals surface area contributed by atoms with Crippen molar-refractivity contribution in [2.24, 2.45) is 17.8 Å². The number of nitrogens with zero attached hydrogens (tertiary/aromatic N) is 8. The second kappa shape index (κ2) is 50.5. The van der Waals surface area contributed by atoms with Gasteiger partial charge in [-0.3, -0.25) is 76.7 Å². The zero-order chi connectivity index (χ0) is 103. The fourth-order valence-electron chi connectivity index (χ4n) is 24.4. The van der Waals surface area contributed by atoms with E-state index in [4.69, 9.17) is 0 Å². The van der Waals surface area contributed by atoms with Gasteiger partial charge in [0.1, 0.15) is 71.7 Å². The van der Waals surface area contributed by atoms with Crippen LogP contribution in [0.4, 0.5) is 0 Å². The average molecular weight is 2010 g/mol. The van der Waals surface area contributed by atoms with Crippen molar-refractivity contribution in [1.29, 1.82) is 0 Å². The summed E-state index contributed by atoms with van der Waals surface area (Å²) in [5.41, 5.74) is 8.00. The maximum absolute atomic E-state index is 13.9. The number of ketones is 3. The molecule has 8 aromatic carbocycles. The van der Waals surface area contributed by atoms with Gasteiger partial charge in [-0.05, 0) is 192 Å². The minimum atomic E-state index is -0.786. The van der Waals surface area contributed by atoms with Gasteiger partial charge in [0, 0.05) is 146 Å². The summed E-state index contributed by atoms with van der Waals surface area (Å²) < 4.78 is 0. The minimum absolute atomic E-state index is 0.0416. The van der Waals surface area contributed by atoms with Crippen LogP contribution in [0.1, 0.15) is 192 Å². The number of carbonyl (C=O) groups excluding carboxylic acids is 16. The Balaban J connectivity index is 0.000000135. The minimum Gasteiger partial charge on any atom is -0.351 e. The van der Waals surface area contributed by atoms with E-state index in [1.54, 1.807) is 39.2 Å². The molecule has 13 amide bonds.